The predicted molar refractivity (Wildman–Crippen MR) is 216 cm³/mol. The van der Waals surface area contributed by atoms with E-state index in [1.807, 2.05) is 55.7 Å². The first-order chi connectivity index (χ1) is 27.9. The molecule has 3 atom stereocenters. The number of para-hydroxylation sites is 1. The summed E-state index contributed by atoms with van der Waals surface area (Å²) < 4.78 is 26.8. The van der Waals surface area contributed by atoms with Gasteiger partial charge in [-0.05, 0) is 86.1 Å². The van der Waals surface area contributed by atoms with Crippen LogP contribution in [0.25, 0.3) is 16.8 Å². The van der Waals surface area contributed by atoms with Crippen LogP contribution in [0.15, 0.2) is 90.8 Å². The highest BCUT2D eigenvalue weighted by Gasteiger charge is 2.31. The summed E-state index contributed by atoms with van der Waals surface area (Å²) in [5.74, 6) is -1.86. The van der Waals surface area contributed by atoms with E-state index in [4.69, 9.17) is 9.47 Å². The summed E-state index contributed by atoms with van der Waals surface area (Å²) >= 11 is 0. The van der Waals surface area contributed by atoms with Crippen LogP contribution in [0, 0.1) is 20.8 Å². The lowest BCUT2D eigenvalue weighted by Crippen LogP contribution is -2.28. The van der Waals surface area contributed by atoms with Crippen molar-refractivity contribution < 1.29 is 48.4 Å². The van der Waals surface area contributed by atoms with Crippen molar-refractivity contribution in [3.63, 3.8) is 0 Å². The van der Waals surface area contributed by atoms with Gasteiger partial charge in [-0.2, -0.15) is 0 Å². The predicted octanol–water partition coefficient (Wildman–Crippen LogP) is 7.71. The molecule has 1 amide bonds. The molecule has 0 radical (unpaired) electrons. The lowest BCUT2D eigenvalue weighted by molar-refractivity contribution is -0.769. The van der Waals surface area contributed by atoms with Crippen molar-refractivity contribution in [2.24, 2.45) is 5.34 Å². The third-order valence-electron chi connectivity index (χ3n) is 8.87. The Bertz CT molecular complexity index is 1850. The molecule has 0 bridgehead atoms. The summed E-state index contributed by atoms with van der Waals surface area (Å²) in [6, 6.07) is 14.9. The Morgan fingerprint density at radius 2 is 1.72 bits per heavy atom. The maximum absolute atomic E-state index is 14.3. The standard InChI is InChI=1S/C42H53FN4O11/c1-5-12-30(13-6-2)38-39(42(51)44-33-14-8-7-9-15-33)40(29(3)4)46(41(38)31-16-18-32(43)19-17-31)22-20-34(48)26-35(49)27-37(50)56-28-36(58-47(53)54)21-25-55-23-10-11-24-57-45-52/h5-9,12-19,29,34-36,48-49H,1,10-11,20-28H2,2-4H3,(H,44,51)/b13-6-,30-12+/t34?,35-,36?/m1/s1. The average molecular weight is 809 g/mol. The second kappa shape index (κ2) is 24.8. The number of carbonyl (C=O) groups excluding carboxylic acids is 2. The number of allylic oxidation sites excluding steroid dienone is 5. The summed E-state index contributed by atoms with van der Waals surface area (Å²) in [5.41, 5.74) is 4.15. The van der Waals surface area contributed by atoms with E-state index < -0.39 is 48.2 Å². The van der Waals surface area contributed by atoms with E-state index in [2.05, 4.69) is 26.9 Å². The van der Waals surface area contributed by atoms with Crippen LogP contribution in [0.5, 0.6) is 0 Å². The Balaban J connectivity index is 1.81. The largest absolute Gasteiger partial charge is 0.463 e. The number of carbonyl (C=O) groups is 2. The van der Waals surface area contributed by atoms with Crippen LogP contribution in [0.3, 0.4) is 0 Å². The molecule has 2 aromatic carbocycles. The van der Waals surface area contributed by atoms with Crippen molar-refractivity contribution in [2.45, 2.75) is 90.1 Å². The summed E-state index contributed by atoms with van der Waals surface area (Å²) in [5, 5.41) is 37.2. The fraction of sp³-hybridized carbons (Fsp3) is 0.429. The zero-order valence-corrected chi connectivity index (χ0v) is 33.1. The van der Waals surface area contributed by atoms with Crippen molar-refractivity contribution in [3.05, 3.63) is 123 Å². The Hall–Kier alpha value is -5.71. The lowest BCUT2D eigenvalue weighted by atomic mass is 9.93. The number of hydrogen-bond acceptors (Lipinski definition) is 12. The number of anilines is 1. The minimum atomic E-state index is -1.32. The third kappa shape index (κ3) is 15.0. The Morgan fingerprint density at radius 3 is 2.36 bits per heavy atom. The number of amides is 1. The van der Waals surface area contributed by atoms with Gasteiger partial charge in [-0.1, -0.05) is 62.9 Å². The number of hydrogen-bond donors (Lipinski definition) is 3. The molecule has 0 aliphatic heterocycles. The summed E-state index contributed by atoms with van der Waals surface area (Å²) in [6.07, 6.45) is 4.09. The minimum Gasteiger partial charge on any atom is -0.463 e. The summed E-state index contributed by atoms with van der Waals surface area (Å²) in [6.45, 7) is 9.86. The molecule has 3 N–H and O–H groups in total. The Morgan fingerprint density at radius 1 is 1.02 bits per heavy atom. The monoisotopic (exact) mass is 808 g/mol. The topological polar surface area (TPSA) is 201 Å². The lowest BCUT2D eigenvalue weighted by Gasteiger charge is -2.20. The van der Waals surface area contributed by atoms with E-state index in [0.717, 1.165) is 0 Å². The number of rotatable bonds is 27. The average Bonchev–Trinajstić information content (AvgIpc) is 3.53. The number of nitrogens with one attached hydrogen (secondary N) is 1. The number of aliphatic hydroxyl groups is 2. The van der Waals surface area contributed by atoms with Crippen LogP contribution in [0.2, 0.25) is 0 Å². The van der Waals surface area contributed by atoms with Gasteiger partial charge in [0.25, 0.3) is 11.0 Å². The molecule has 0 saturated heterocycles. The normalized spacial score (nSPS) is 13.2. The smallest absolute Gasteiger partial charge is 0.308 e. The van der Waals surface area contributed by atoms with Crippen molar-refractivity contribution in [2.75, 3.05) is 31.7 Å². The van der Waals surface area contributed by atoms with Gasteiger partial charge in [0.05, 0.1) is 29.9 Å². The fourth-order valence-electron chi connectivity index (χ4n) is 6.38. The van der Waals surface area contributed by atoms with Gasteiger partial charge < -0.3 is 39.2 Å². The number of ether oxygens (including phenoxy) is 2. The quantitative estimate of drug-likeness (QED) is 0.0170. The van der Waals surface area contributed by atoms with E-state index in [1.165, 1.54) is 12.1 Å². The molecule has 15 nitrogen and oxygen atoms in total. The van der Waals surface area contributed by atoms with Crippen LogP contribution in [0.1, 0.15) is 86.8 Å². The zero-order valence-electron chi connectivity index (χ0n) is 33.1. The second-order valence-corrected chi connectivity index (χ2v) is 13.7. The van der Waals surface area contributed by atoms with Gasteiger partial charge in [0.15, 0.2) is 5.34 Å². The van der Waals surface area contributed by atoms with Crippen LogP contribution < -0.4 is 5.32 Å². The van der Waals surface area contributed by atoms with Gasteiger partial charge in [-0.3, -0.25) is 9.59 Å². The minimum absolute atomic E-state index is 0.0382. The number of halogens is 1. The van der Waals surface area contributed by atoms with E-state index in [0.29, 0.717) is 58.8 Å². The highest BCUT2D eigenvalue weighted by Crippen LogP contribution is 2.41. The zero-order chi connectivity index (χ0) is 42.5. The highest BCUT2D eigenvalue weighted by atomic mass is 19.1. The number of unbranched alkanes of at least 4 members (excludes halogenated alkanes) is 1. The molecule has 314 valence electrons. The van der Waals surface area contributed by atoms with Gasteiger partial charge in [0.1, 0.15) is 25.1 Å². The SMILES string of the molecule is C=C/C=C(\C=C/C)c1c(C(=O)Nc2ccccc2)c(C(C)C)n(CCC(O)C[C@@H](O)CC(=O)OCC(CCOCCCCON=O)O[N+](=O)[O-])c1-c1ccc(F)cc1. The van der Waals surface area contributed by atoms with Crippen molar-refractivity contribution >= 4 is 23.1 Å². The van der Waals surface area contributed by atoms with Gasteiger partial charge in [0, 0.05) is 43.1 Å². The van der Waals surface area contributed by atoms with E-state index in [9.17, 15) is 39.2 Å². The van der Waals surface area contributed by atoms with Crippen LogP contribution in [-0.2, 0) is 30.5 Å². The maximum atomic E-state index is 14.3. The van der Waals surface area contributed by atoms with Gasteiger partial charge in [0.2, 0.25) is 0 Å². The summed E-state index contributed by atoms with van der Waals surface area (Å²) in [4.78, 5) is 56.8. The van der Waals surface area contributed by atoms with Gasteiger partial charge >= 0.3 is 5.97 Å². The molecule has 0 aliphatic carbocycles. The third-order valence-corrected chi connectivity index (χ3v) is 8.87. The number of aliphatic hydroxyl groups excluding tert-OH is 2. The van der Waals surface area contributed by atoms with Crippen LogP contribution >= 0.6 is 0 Å². The number of nitrogens with zero attached hydrogens (tertiary/aromatic N) is 3. The second-order valence-electron chi connectivity index (χ2n) is 13.7. The molecule has 0 spiro atoms. The molecular weight excluding hydrogens is 755 g/mol. The first-order valence-electron chi connectivity index (χ1n) is 19.1. The highest BCUT2D eigenvalue weighted by molar-refractivity contribution is 6.11. The van der Waals surface area contributed by atoms with Crippen molar-refractivity contribution in [1.29, 1.82) is 0 Å². The van der Waals surface area contributed by atoms with E-state index >= 15 is 0 Å². The van der Waals surface area contributed by atoms with Crippen molar-refractivity contribution in [3.8, 4) is 11.3 Å². The maximum Gasteiger partial charge on any atom is 0.308 e. The number of benzene rings is 2. The van der Waals surface area contributed by atoms with Crippen molar-refractivity contribution in [1.82, 2.24) is 4.57 Å². The molecule has 1 heterocycles. The first kappa shape index (κ1) is 46.7. The first-order valence-corrected chi connectivity index (χ1v) is 19.1. The van der Waals surface area contributed by atoms with E-state index in [1.54, 1.807) is 36.4 Å². The molecule has 3 aromatic rings. The molecule has 58 heavy (non-hydrogen) atoms. The fourth-order valence-corrected chi connectivity index (χ4v) is 6.38. The van der Waals surface area contributed by atoms with Gasteiger partial charge in [-0.25, -0.2) is 4.39 Å². The Labute approximate surface area is 337 Å². The van der Waals surface area contributed by atoms with Crippen LogP contribution in [-0.4, -0.2) is 76.5 Å². The van der Waals surface area contributed by atoms with E-state index in [-0.39, 0.29) is 50.8 Å². The van der Waals surface area contributed by atoms with Crippen LogP contribution in [0.4, 0.5) is 10.1 Å². The Kier molecular flexibility index (Phi) is 20.0. The number of esters is 1. The molecule has 2 unspecified atom stereocenters. The molecular formula is C42H53FN4O11. The molecule has 1 aromatic heterocycles. The molecule has 16 heteroatoms. The van der Waals surface area contributed by atoms with Gasteiger partial charge in [-0.15, -0.1) is 15.0 Å². The number of aromatic nitrogens is 1. The molecule has 3 rings (SSSR count). The summed E-state index contributed by atoms with van der Waals surface area (Å²) in [7, 11) is 0. The molecule has 0 fully saturated rings. The molecule has 0 aliphatic rings. The molecule has 0 saturated carbocycles.